The molecule has 0 radical (unpaired) electrons. The third kappa shape index (κ3) is 9.09. The molecule has 1 rings (SSSR count). The SMILES string of the molecule is CCCOCC[Si]1(C(C)C)O[Si](CCOCCC)(C(C)C)O[Si](CCOCCC)(C(C)C)O1. The fourth-order valence-corrected chi connectivity index (χ4v) is 24.0. The van der Waals surface area contributed by atoms with Crippen LogP contribution in [0.1, 0.15) is 81.6 Å². The van der Waals surface area contributed by atoms with E-state index in [0.717, 1.165) is 57.2 Å². The first kappa shape index (κ1) is 31.4. The Hall–Kier alpha value is 0.411. The maximum Gasteiger partial charge on any atom is 0.325 e. The third-order valence-corrected chi connectivity index (χ3v) is 22.8. The van der Waals surface area contributed by atoms with Crippen molar-refractivity contribution in [3.8, 4) is 0 Å². The van der Waals surface area contributed by atoms with E-state index in [-0.39, 0.29) is 0 Å². The van der Waals surface area contributed by atoms with Crippen LogP contribution >= 0.6 is 0 Å². The molecule has 0 aromatic heterocycles. The first-order valence-corrected chi connectivity index (χ1v) is 19.8. The van der Waals surface area contributed by atoms with E-state index in [1.54, 1.807) is 0 Å². The van der Waals surface area contributed by atoms with Gasteiger partial charge >= 0.3 is 25.7 Å². The van der Waals surface area contributed by atoms with Gasteiger partial charge in [0.1, 0.15) is 0 Å². The minimum atomic E-state index is -2.58. The largest absolute Gasteiger partial charge is 0.415 e. The summed E-state index contributed by atoms with van der Waals surface area (Å²) in [5, 5.41) is 0. The lowest BCUT2D eigenvalue weighted by atomic mass is 10.5. The van der Waals surface area contributed by atoms with Gasteiger partial charge in [0.15, 0.2) is 0 Å². The molecular formula is C24H54O6Si3. The summed E-state index contributed by atoms with van der Waals surface area (Å²) < 4.78 is 39.6. The van der Waals surface area contributed by atoms with Gasteiger partial charge in [0.25, 0.3) is 0 Å². The zero-order chi connectivity index (χ0) is 25.0. The highest BCUT2D eigenvalue weighted by Gasteiger charge is 2.64. The Balaban J connectivity index is 3.35. The molecule has 9 heteroatoms. The van der Waals surface area contributed by atoms with Crippen molar-refractivity contribution in [2.75, 3.05) is 39.6 Å². The summed E-state index contributed by atoms with van der Waals surface area (Å²) in [6.07, 6.45) is 3.08. The quantitative estimate of drug-likeness (QED) is 0.144. The number of ether oxygens (including phenoxy) is 3. The van der Waals surface area contributed by atoms with E-state index in [0.29, 0.717) is 36.4 Å². The smallest absolute Gasteiger partial charge is 0.325 e. The highest BCUT2D eigenvalue weighted by molar-refractivity contribution is 6.96. The van der Waals surface area contributed by atoms with Crippen molar-refractivity contribution in [2.45, 2.75) is 116 Å². The van der Waals surface area contributed by atoms with Gasteiger partial charge in [-0.25, -0.2) is 0 Å². The van der Waals surface area contributed by atoms with Gasteiger partial charge in [-0.3, -0.25) is 0 Å². The average Bonchev–Trinajstić information content (AvgIpc) is 2.77. The maximum absolute atomic E-state index is 7.25. The normalized spacial score (nSPS) is 28.4. The minimum Gasteiger partial charge on any atom is -0.415 e. The lowest BCUT2D eigenvalue weighted by molar-refractivity contribution is 0.115. The molecule has 1 saturated heterocycles. The Kier molecular flexibility index (Phi) is 14.8. The molecule has 1 heterocycles. The number of hydrogen-bond donors (Lipinski definition) is 0. The van der Waals surface area contributed by atoms with Crippen LogP contribution in [0.25, 0.3) is 0 Å². The summed E-state index contributed by atoms with van der Waals surface area (Å²) >= 11 is 0. The van der Waals surface area contributed by atoms with E-state index in [1.807, 2.05) is 0 Å². The van der Waals surface area contributed by atoms with Crippen LogP contribution < -0.4 is 0 Å². The molecule has 0 aromatic carbocycles. The monoisotopic (exact) mass is 522 g/mol. The molecule has 6 nitrogen and oxygen atoms in total. The van der Waals surface area contributed by atoms with Crippen molar-refractivity contribution in [1.82, 2.24) is 0 Å². The molecule has 0 N–H and O–H groups in total. The fourth-order valence-electron chi connectivity index (χ4n) is 4.20. The van der Waals surface area contributed by atoms with E-state index in [1.165, 1.54) is 0 Å². The molecule has 0 bridgehead atoms. The molecule has 0 unspecified atom stereocenters. The third-order valence-electron chi connectivity index (χ3n) is 6.51. The van der Waals surface area contributed by atoms with E-state index < -0.39 is 25.7 Å². The second-order valence-corrected chi connectivity index (χ2v) is 22.6. The second kappa shape index (κ2) is 15.5. The summed E-state index contributed by atoms with van der Waals surface area (Å²) in [4.78, 5) is 0. The average molecular weight is 523 g/mol. The Morgan fingerprint density at radius 2 is 0.697 bits per heavy atom. The van der Waals surface area contributed by atoms with Gasteiger partial charge in [-0.05, 0) is 35.9 Å². The first-order valence-electron chi connectivity index (χ1n) is 13.5. The summed E-state index contributed by atoms with van der Waals surface area (Å²) in [6.45, 7) is 24.5. The standard InChI is InChI=1S/C24H54O6Si3/c1-10-13-25-16-19-31(22(4)5)28-32(23(6)7,20-17-26-14-11-2)30-33(29-31,24(8)9)21-18-27-15-12-3/h22-24H,10-21H2,1-9H3. The Bertz CT molecular complexity index is 441. The number of rotatable bonds is 18. The summed E-state index contributed by atoms with van der Waals surface area (Å²) in [5.41, 5.74) is 0.989. The molecule has 0 aromatic rings. The highest BCUT2D eigenvalue weighted by Crippen LogP contribution is 2.48. The Morgan fingerprint density at radius 1 is 0.455 bits per heavy atom. The molecule has 1 aliphatic rings. The van der Waals surface area contributed by atoms with Crippen molar-refractivity contribution in [3.05, 3.63) is 0 Å². The lowest BCUT2D eigenvalue weighted by Gasteiger charge is -2.57. The van der Waals surface area contributed by atoms with Crippen molar-refractivity contribution in [2.24, 2.45) is 0 Å². The van der Waals surface area contributed by atoms with Crippen LogP contribution in [0, 0.1) is 0 Å². The Labute approximate surface area is 208 Å². The van der Waals surface area contributed by atoms with Crippen LogP contribution in [-0.2, 0) is 26.6 Å². The molecule has 1 aliphatic heterocycles. The molecule has 1 fully saturated rings. The summed E-state index contributed by atoms with van der Waals surface area (Å²) in [7, 11) is -7.74. The first-order chi connectivity index (χ1) is 15.6. The van der Waals surface area contributed by atoms with Crippen LogP contribution in [-0.4, -0.2) is 65.3 Å². The molecule has 0 amide bonds. The topological polar surface area (TPSA) is 55.4 Å². The molecule has 33 heavy (non-hydrogen) atoms. The minimum absolute atomic E-state index is 0.330. The van der Waals surface area contributed by atoms with Gasteiger partial charge in [0.05, 0.1) is 0 Å². The fraction of sp³-hybridized carbons (Fsp3) is 1.00. The molecule has 0 spiro atoms. The predicted octanol–water partition coefficient (Wildman–Crippen LogP) is 6.89. The van der Waals surface area contributed by atoms with Crippen LogP contribution in [0.3, 0.4) is 0 Å². The van der Waals surface area contributed by atoms with Gasteiger partial charge in [-0.15, -0.1) is 0 Å². The molecular weight excluding hydrogens is 469 g/mol. The van der Waals surface area contributed by atoms with Crippen molar-refractivity contribution < 1.29 is 26.6 Å². The lowest BCUT2D eigenvalue weighted by Crippen LogP contribution is -2.73. The van der Waals surface area contributed by atoms with Crippen LogP contribution in [0.4, 0.5) is 0 Å². The van der Waals surface area contributed by atoms with Gasteiger partial charge < -0.3 is 26.6 Å². The van der Waals surface area contributed by atoms with Gasteiger partial charge in [0, 0.05) is 57.8 Å². The molecule has 0 aliphatic carbocycles. The van der Waals surface area contributed by atoms with Crippen LogP contribution in [0.15, 0.2) is 0 Å². The molecule has 0 saturated carbocycles. The van der Waals surface area contributed by atoms with Gasteiger partial charge in [-0.2, -0.15) is 0 Å². The van der Waals surface area contributed by atoms with Gasteiger partial charge in [-0.1, -0.05) is 62.3 Å². The van der Waals surface area contributed by atoms with Crippen molar-refractivity contribution in [1.29, 1.82) is 0 Å². The summed E-state index contributed by atoms with van der Waals surface area (Å²) in [6, 6.07) is 2.59. The predicted molar refractivity (Wildman–Crippen MR) is 144 cm³/mol. The molecule has 0 atom stereocenters. The van der Waals surface area contributed by atoms with Crippen molar-refractivity contribution >= 4 is 25.7 Å². The number of hydrogen-bond acceptors (Lipinski definition) is 6. The zero-order valence-electron chi connectivity index (χ0n) is 23.2. The van der Waals surface area contributed by atoms with Crippen molar-refractivity contribution in [3.63, 3.8) is 0 Å². The second-order valence-electron chi connectivity index (χ2n) is 10.3. The molecule has 198 valence electrons. The van der Waals surface area contributed by atoms with E-state index in [4.69, 9.17) is 26.6 Å². The summed E-state index contributed by atoms with van der Waals surface area (Å²) in [5.74, 6) is 0. The zero-order valence-corrected chi connectivity index (χ0v) is 26.2. The highest BCUT2D eigenvalue weighted by atomic mass is 28.5. The van der Waals surface area contributed by atoms with E-state index in [2.05, 4.69) is 62.3 Å². The van der Waals surface area contributed by atoms with Gasteiger partial charge in [0.2, 0.25) is 0 Å². The van der Waals surface area contributed by atoms with E-state index in [9.17, 15) is 0 Å². The van der Waals surface area contributed by atoms with E-state index >= 15 is 0 Å². The Morgan fingerprint density at radius 3 is 0.879 bits per heavy atom. The maximum atomic E-state index is 7.25. The van der Waals surface area contributed by atoms with Crippen LogP contribution in [0.2, 0.25) is 34.8 Å². The van der Waals surface area contributed by atoms with Crippen LogP contribution in [0.5, 0.6) is 0 Å².